The summed E-state index contributed by atoms with van der Waals surface area (Å²) in [6, 6.07) is 9.87. The van der Waals surface area contributed by atoms with Gasteiger partial charge in [0.2, 0.25) is 5.91 Å². The van der Waals surface area contributed by atoms with Crippen molar-refractivity contribution in [1.29, 1.82) is 0 Å². The minimum Gasteiger partial charge on any atom is -0.326 e. The molecule has 0 unspecified atom stereocenters. The van der Waals surface area contributed by atoms with E-state index in [1.54, 1.807) is 6.20 Å². The van der Waals surface area contributed by atoms with Crippen LogP contribution in [0.25, 0.3) is 11.3 Å². The number of rotatable bonds is 3. The second kappa shape index (κ2) is 6.95. The number of halogens is 1. The Hall–Kier alpha value is -1.85. The number of carbonyl (C=O) groups excluding carboxylic acids is 1. The summed E-state index contributed by atoms with van der Waals surface area (Å²) < 4.78 is 0. The van der Waals surface area contributed by atoms with E-state index in [1.165, 1.54) is 6.42 Å². The standard InChI is InChI=1S/C18H22N4O.ClH/c23-17(18-8-2-1-5-14(18)11-19-12-18)21-15-6-3-4-13(10-15)16-7-9-20-22-16;/h3-4,6-7,9-10,14,19H,1-2,5,8,11-12H2,(H,20,22)(H,21,23);1H/t14-,18+;/m0./s1. The van der Waals surface area contributed by atoms with E-state index in [0.29, 0.717) is 5.92 Å². The molecule has 1 aromatic heterocycles. The highest BCUT2D eigenvalue weighted by molar-refractivity contribution is 5.96. The summed E-state index contributed by atoms with van der Waals surface area (Å²) >= 11 is 0. The second-order valence-corrected chi connectivity index (χ2v) is 6.73. The lowest BCUT2D eigenvalue weighted by Gasteiger charge is -2.37. The minimum atomic E-state index is -0.220. The van der Waals surface area contributed by atoms with Gasteiger partial charge >= 0.3 is 0 Å². The summed E-state index contributed by atoms with van der Waals surface area (Å²) in [5, 5.41) is 13.5. The number of aromatic amines is 1. The average Bonchev–Trinajstić information content (AvgIpc) is 3.25. The van der Waals surface area contributed by atoms with Gasteiger partial charge in [-0.15, -0.1) is 12.4 Å². The van der Waals surface area contributed by atoms with Crippen LogP contribution in [0.3, 0.4) is 0 Å². The van der Waals surface area contributed by atoms with Gasteiger partial charge in [-0.1, -0.05) is 25.0 Å². The zero-order valence-corrected chi connectivity index (χ0v) is 14.4. The van der Waals surface area contributed by atoms with E-state index >= 15 is 0 Å². The number of H-pyrrole nitrogens is 1. The summed E-state index contributed by atoms with van der Waals surface area (Å²) in [5.41, 5.74) is 2.62. The van der Waals surface area contributed by atoms with Crippen molar-refractivity contribution in [2.75, 3.05) is 18.4 Å². The van der Waals surface area contributed by atoms with E-state index in [1.807, 2.05) is 30.3 Å². The summed E-state index contributed by atoms with van der Waals surface area (Å²) in [4.78, 5) is 13.0. The molecule has 2 aliphatic rings. The first-order valence-electron chi connectivity index (χ1n) is 8.40. The lowest BCUT2D eigenvalue weighted by molar-refractivity contribution is -0.128. The van der Waals surface area contributed by atoms with Crippen LogP contribution >= 0.6 is 12.4 Å². The van der Waals surface area contributed by atoms with Crippen molar-refractivity contribution in [1.82, 2.24) is 15.5 Å². The maximum Gasteiger partial charge on any atom is 0.232 e. The van der Waals surface area contributed by atoms with Crippen LogP contribution in [0.1, 0.15) is 25.7 Å². The van der Waals surface area contributed by atoms with Gasteiger partial charge in [0.25, 0.3) is 0 Å². The molecule has 6 heteroatoms. The van der Waals surface area contributed by atoms with Gasteiger partial charge in [-0.05, 0) is 43.5 Å². The van der Waals surface area contributed by atoms with E-state index in [-0.39, 0.29) is 23.7 Å². The molecule has 1 saturated carbocycles. The second-order valence-electron chi connectivity index (χ2n) is 6.73. The van der Waals surface area contributed by atoms with Crippen LogP contribution in [0.15, 0.2) is 36.5 Å². The number of anilines is 1. The normalized spacial score (nSPS) is 25.6. The molecule has 1 saturated heterocycles. The molecule has 0 radical (unpaired) electrons. The third-order valence-electron chi connectivity index (χ3n) is 5.42. The zero-order chi connectivity index (χ0) is 15.7. The molecular formula is C18H23ClN4O. The third-order valence-corrected chi connectivity index (χ3v) is 5.42. The van der Waals surface area contributed by atoms with Gasteiger partial charge in [0.05, 0.1) is 11.1 Å². The molecule has 2 aromatic rings. The Labute approximate surface area is 148 Å². The van der Waals surface area contributed by atoms with Gasteiger partial charge in [0.1, 0.15) is 0 Å². The number of hydrogen-bond acceptors (Lipinski definition) is 3. The molecule has 1 amide bonds. The Balaban J connectivity index is 0.00000169. The zero-order valence-electron chi connectivity index (χ0n) is 13.5. The molecule has 4 rings (SSSR count). The Morgan fingerprint density at radius 2 is 2.21 bits per heavy atom. The topological polar surface area (TPSA) is 69.8 Å². The van der Waals surface area contributed by atoms with Gasteiger partial charge in [0.15, 0.2) is 0 Å². The fourth-order valence-corrected chi connectivity index (χ4v) is 4.13. The molecule has 2 atom stereocenters. The number of fused-ring (bicyclic) bond motifs is 1. The largest absolute Gasteiger partial charge is 0.326 e. The highest BCUT2D eigenvalue weighted by atomic mass is 35.5. The van der Waals surface area contributed by atoms with Crippen LogP contribution < -0.4 is 10.6 Å². The SMILES string of the molecule is Cl.O=C(Nc1cccc(-c2ccn[nH]2)c1)[C@@]12CCCC[C@H]1CNC2. The van der Waals surface area contributed by atoms with Crippen molar-refractivity contribution < 1.29 is 4.79 Å². The quantitative estimate of drug-likeness (QED) is 0.799. The third kappa shape index (κ3) is 2.94. The molecule has 0 spiro atoms. The van der Waals surface area contributed by atoms with Crippen LogP contribution in [-0.2, 0) is 4.79 Å². The van der Waals surface area contributed by atoms with Gasteiger partial charge in [-0.25, -0.2) is 0 Å². The molecule has 2 heterocycles. The first kappa shape index (κ1) is 17.0. The molecule has 24 heavy (non-hydrogen) atoms. The van der Waals surface area contributed by atoms with Crippen molar-refractivity contribution in [3.63, 3.8) is 0 Å². The minimum absolute atomic E-state index is 0. The van der Waals surface area contributed by atoms with Crippen molar-refractivity contribution in [2.45, 2.75) is 25.7 Å². The Kier molecular flexibility index (Phi) is 4.92. The first-order valence-corrected chi connectivity index (χ1v) is 8.40. The summed E-state index contributed by atoms with van der Waals surface area (Å²) in [7, 11) is 0. The lowest BCUT2D eigenvalue weighted by Crippen LogP contribution is -2.44. The number of hydrogen-bond donors (Lipinski definition) is 3. The highest BCUT2D eigenvalue weighted by Crippen LogP contribution is 2.44. The van der Waals surface area contributed by atoms with Gasteiger partial charge < -0.3 is 10.6 Å². The number of benzene rings is 1. The van der Waals surface area contributed by atoms with Crippen molar-refractivity contribution in [3.05, 3.63) is 36.5 Å². The molecule has 1 aliphatic heterocycles. The Morgan fingerprint density at radius 3 is 3.04 bits per heavy atom. The van der Waals surface area contributed by atoms with E-state index in [2.05, 4.69) is 20.8 Å². The van der Waals surface area contributed by atoms with Crippen molar-refractivity contribution >= 4 is 24.0 Å². The fraction of sp³-hybridized carbons (Fsp3) is 0.444. The van der Waals surface area contributed by atoms with Crippen molar-refractivity contribution in [2.24, 2.45) is 11.3 Å². The summed E-state index contributed by atoms with van der Waals surface area (Å²) in [6.45, 7) is 1.78. The predicted molar refractivity (Wildman–Crippen MR) is 97.2 cm³/mol. The molecule has 2 fully saturated rings. The number of carbonyl (C=O) groups is 1. The fourth-order valence-electron chi connectivity index (χ4n) is 4.13. The smallest absolute Gasteiger partial charge is 0.232 e. The highest BCUT2D eigenvalue weighted by Gasteiger charge is 2.49. The van der Waals surface area contributed by atoms with E-state index in [0.717, 1.165) is 49.3 Å². The summed E-state index contributed by atoms with van der Waals surface area (Å²) in [5.74, 6) is 0.654. The van der Waals surface area contributed by atoms with Crippen molar-refractivity contribution in [3.8, 4) is 11.3 Å². The molecule has 5 nitrogen and oxygen atoms in total. The molecule has 1 aromatic carbocycles. The van der Waals surface area contributed by atoms with Crippen LogP contribution in [0, 0.1) is 11.3 Å². The Bertz CT molecular complexity index is 703. The van der Waals surface area contributed by atoms with Crippen LogP contribution in [0.2, 0.25) is 0 Å². The molecule has 0 bridgehead atoms. The Morgan fingerprint density at radius 1 is 1.29 bits per heavy atom. The summed E-state index contributed by atoms with van der Waals surface area (Å²) in [6.07, 6.45) is 6.29. The maximum absolute atomic E-state index is 13.0. The maximum atomic E-state index is 13.0. The number of nitrogens with zero attached hydrogens (tertiary/aromatic N) is 1. The average molecular weight is 347 g/mol. The van der Waals surface area contributed by atoms with E-state index in [4.69, 9.17) is 0 Å². The van der Waals surface area contributed by atoms with Gasteiger partial charge in [-0.3, -0.25) is 9.89 Å². The van der Waals surface area contributed by atoms with Crippen LogP contribution in [0.5, 0.6) is 0 Å². The van der Waals surface area contributed by atoms with Gasteiger partial charge in [0, 0.05) is 24.0 Å². The monoisotopic (exact) mass is 346 g/mol. The molecule has 3 N–H and O–H groups in total. The number of amides is 1. The molecule has 128 valence electrons. The number of aromatic nitrogens is 2. The first-order chi connectivity index (χ1) is 11.3. The molecular weight excluding hydrogens is 324 g/mol. The predicted octanol–water partition coefficient (Wildman–Crippen LogP) is 3.22. The molecule has 1 aliphatic carbocycles. The van der Waals surface area contributed by atoms with Crippen LogP contribution in [0.4, 0.5) is 5.69 Å². The van der Waals surface area contributed by atoms with E-state index in [9.17, 15) is 4.79 Å². The van der Waals surface area contributed by atoms with E-state index < -0.39 is 0 Å². The van der Waals surface area contributed by atoms with Gasteiger partial charge in [-0.2, -0.15) is 5.10 Å². The van der Waals surface area contributed by atoms with Crippen LogP contribution in [-0.4, -0.2) is 29.2 Å². The lowest BCUT2D eigenvalue weighted by atomic mass is 9.67. The number of nitrogens with one attached hydrogen (secondary N) is 3.